The smallest absolute Gasteiger partial charge is 0.242 e. The van der Waals surface area contributed by atoms with Crippen molar-refractivity contribution >= 4 is 23.2 Å². The van der Waals surface area contributed by atoms with E-state index in [-0.39, 0.29) is 18.4 Å². The molecule has 5 nitrogen and oxygen atoms in total. The first-order chi connectivity index (χ1) is 9.52. The zero-order chi connectivity index (χ0) is 14.7. The van der Waals surface area contributed by atoms with Crippen molar-refractivity contribution in [1.29, 1.82) is 0 Å². The molecule has 0 saturated carbocycles. The van der Waals surface area contributed by atoms with Gasteiger partial charge in [0.15, 0.2) is 0 Å². The van der Waals surface area contributed by atoms with Gasteiger partial charge in [-0.2, -0.15) is 0 Å². The summed E-state index contributed by atoms with van der Waals surface area (Å²) in [6.07, 6.45) is 2.09. The highest BCUT2D eigenvalue weighted by Gasteiger charge is 2.25. The summed E-state index contributed by atoms with van der Waals surface area (Å²) in [6, 6.07) is 5.51. The molecule has 0 fully saturated rings. The summed E-state index contributed by atoms with van der Waals surface area (Å²) in [5, 5.41) is 0. The Balaban J connectivity index is 2.31. The molecule has 0 bridgehead atoms. The summed E-state index contributed by atoms with van der Waals surface area (Å²) in [5.41, 5.74) is 8.36. The second-order valence-electron chi connectivity index (χ2n) is 5.13. The molecule has 1 aromatic rings. The Hall–Kier alpha value is -2.04. The molecule has 0 unspecified atom stereocenters. The molecule has 2 amide bonds. The first-order valence-electron chi connectivity index (χ1n) is 6.95. The molecule has 108 valence electrons. The number of amides is 2. The van der Waals surface area contributed by atoms with Crippen LogP contribution in [0.2, 0.25) is 0 Å². The van der Waals surface area contributed by atoms with Crippen LogP contribution in [0.1, 0.15) is 25.3 Å². The quantitative estimate of drug-likeness (QED) is 0.848. The van der Waals surface area contributed by atoms with Crippen LogP contribution in [0.5, 0.6) is 0 Å². The number of hydrogen-bond donors (Lipinski definition) is 1. The minimum atomic E-state index is -0.0504. The van der Waals surface area contributed by atoms with Gasteiger partial charge in [-0.15, -0.1) is 0 Å². The van der Waals surface area contributed by atoms with Gasteiger partial charge in [0.1, 0.15) is 6.54 Å². The number of fused-ring (bicyclic) bond motifs is 1. The third kappa shape index (κ3) is 2.92. The lowest BCUT2D eigenvalue weighted by Crippen LogP contribution is -2.41. The highest BCUT2D eigenvalue weighted by molar-refractivity contribution is 6.00. The van der Waals surface area contributed by atoms with Gasteiger partial charge in [-0.05, 0) is 43.5 Å². The van der Waals surface area contributed by atoms with Gasteiger partial charge >= 0.3 is 0 Å². The van der Waals surface area contributed by atoms with Crippen LogP contribution in [-0.4, -0.2) is 36.9 Å². The third-order valence-corrected chi connectivity index (χ3v) is 3.73. The van der Waals surface area contributed by atoms with E-state index in [0.717, 1.165) is 24.1 Å². The average molecular weight is 275 g/mol. The molecular formula is C15H21N3O2. The van der Waals surface area contributed by atoms with E-state index in [0.29, 0.717) is 18.7 Å². The van der Waals surface area contributed by atoms with Crippen molar-refractivity contribution in [3.05, 3.63) is 23.8 Å². The fourth-order valence-electron chi connectivity index (χ4n) is 2.37. The zero-order valence-corrected chi connectivity index (χ0v) is 12.1. The van der Waals surface area contributed by atoms with Gasteiger partial charge in [0.25, 0.3) is 0 Å². The predicted octanol–water partition coefficient (Wildman–Crippen LogP) is 1.42. The Labute approximate surface area is 119 Å². The molecule has 0 spiro atoms. The largest absolute Gasteiger partial charge is 0.399 e. The molecule has 0 atom stereocenters. The Morgan fingerprint density at radius 3 is 2.85 bits per heavy atom. The zero-order valence-electron chi connectivity index (χ0n) is 12.1. The number of hydrogen-bond acceptors (Lipinski definition) is 3. The molecule has 0 radical (unpaired) electrons. The van der Waals surface area contributed by atoms with Gasteiger partial charge in [-0.3, -0.25) is 9.59 Å². The molecule has 0 aromatic heterocycles. The van der Waals surface area contributed by atoms with Crippen LogP contribution in [0, 0.1) is 0 Å². The lowest BCUT2D eigenvalue weighted by molar-refractivity contribution is -0.130. The van der Waals surface area contributed by atoms with Crippen molar-refractivity contribution in [1.82, 2.24) is 4.90 Å². The molecule has 1 aliphatic rings. The van der Waals surface area contributed by atoms with E-state index < -0.39 is 0 Å². The highest BCUT2D eigenvalue weighted by Crippen LogP contribution is 2.28. The van der Waals surface area contributed by atoms with Crippen LogP contribution in [0.4, 0.5) is 11.4 Å². The summed E-state index contributed by atoms with van der Waals surface area (Å²) in [4.78, 5) is 27.5. The van der Waals surface area contributed by atoms with Crippen molar-refractivity contribution in [2.24, 2.45) is 0 Å². The highest BCUT2D eigenvalue weighted by atomic mass is 16.2. The summed E-state index contributed by atoms with van der Waals surface area (Å²) < 4.78 is 0. The molecule has 0 saturated heterocycles. The molecule has 2 rings (SSSR count). The number of carbonyl (C=O) groups excluding carboxylic acids is 2. The Morgan fingerprint density at radius 2 is 2.15 bits per heavy atom. The van der Waals surface area contributed by atoms with Crippen LogP contribution in [0.3, 0.4) is 0 Å². The summed E-state index contributed by atoms with van der Waals surface area (Å²) in [5.74, 6) is -0.0445. The maximum Gasteiger partial charge on any atom is 0.242 e. The van der Waals surface area contributed by atoms with E-state index in [1.54, 1.807) is 22.9 Å². The SMILES string of the molecule is CCN(C)C(=O)CN1C(=O)CCCc2cc(N)ccc21. The lowest BCUT2D eigenvalue weighted by Gasteiger charge is -2.25. The number of likely N-dealkylation sites (N-methyl/N-ethyl adjacent to an activating group) is 1. The average Bonchev–Trinajstić information content (AvgIpc) is 2.57. The topological polar surface area (TPSA) is 66.6 Å². The number of carbonyl (C=O) groups is 2. The number of anilines is 2. The van der Waals surface area contributed by atoms with E-state index in [9.17, 15) is 9.59 Å². The minimum Gasteiger partial charge on any atom is -0.399 e. The van der Waals surface area contributed by atoms with Crippen LogP contribution in [0.15, 0.2) is 18.2 Å². The Kier molecular flexibility index (Phi) is 4.27. The fourth-order valence-corrected chi connectivity index (χ4v) is 2.37. The van der Waals surface area contributed by atoms with Crippen molar-refractivity contribution in [3.8, 4) is 0 Å². The molecule has 1 heterocycles. The number of nitrogens with two attached hydrogens (primary N) is 1. The predicted molar refractivity (Wildman–Crippen MR) is 79.5 cm³/mol. The second-order valence-corrected chi connectivity index (χ2v) is 5.13. The molecule has 5 heteroatoms. The van der Waals surface area contributed by atoms with Crippen LogP contribution in [0.25, 0.3) is 0 Å². The molecule has 0 aliphatic carbocycles. The van der Waals surface area contributed by atoms with Gasteiger partial charge in [-0.1, -0.05) is 0 Å². The van der Waals surface area contributed by atoms with E-state index in [4.69, 9.17) is 5.73 Å². The van der Waals surface area contributed by atoms with Gasteiger partial charge in [0.2, 0.25) is 11.8 Å². The number of rotatable bonds is 3. The summed E-state index contributed by atoms with van der Waals surface area (Å²) >= 11 is 0. The first kappa shape index (κ1) is 14.4. The van der Waals surface area contributed by atoms with E-state index in [1.807, 2.05) is 19.1 Å². The van der Waals surface area contributed by atoms with Crippen molar-refractivity contribution in [3.63, 3.8) is 0 Å². The molecule has 2 N–H and O–H groups in total. The summed E-state index contributed by atoms with van der Waals surface area (Å²) in [6.45, 7) is 2.65. The normalized spacial score (nSPS) is 14.7. The van der Waals surface area contributed by atoms with E-state index >= 15 is 0 Å². The van der Waals surface area contributed by atoms with Crippen molar-refractivity contribution in [2.45, 2.75) is 26.2 Å². The second kappa shape index (κ2) is 5.94. The molecule has 20 heavy (non-hydrogen) atoms. The maximum atomic E-state index is 12.2. The monoisotopic (exact) mass is 275 g/mol. The standard InChI is InChI=1S/C15H21N3O2/c1-3-17(2)15(20)10-18-13-8-7-12(16)9-11(13)5-4-6-14(18)19/h7-9H,3-6,10,16H2,1-2H3. The van der Waals surface area contributed by atoms with Gasteiger partial charge < -0.3 is 15.5 Å². The van der Waals surface area contributed by atoms with Crippen LogP contribution >= 0.6 is 0 Å². The van der Waals surface area contributed by atoms with Crippen molar-refractivity contribution < 1.29 is 9.59 Å². The number of aryl methyl sites for hydroxylation is 1. The fraction of sp³-hybridized carbons (Fsp3) is 0.467. The maximum absolute atomic E-state index is 12.2. The van der Waals surface area contributed by atoms with Crippen LogP contribution < -0.4 is 10.6 Å². The molecule has 1 aliphatic heterocycles. The van der Waals surface area contributed by atoms with Gasteiger partial charge in [0, 0.05) is 31.4 Å². The van der Waals surface area contributed by atoms with E-state index in [1.165, 1.54) is 0 Å². The lowest BCUT2D eigenvalue weighted by atomic mass is 10.1. The van der Waals surface area contributed by atoms with Crippen LogP contribution in [-0.2, 0) is 16.0 Å². The van der Waals surface area contributed by atoms with Gasteiger partial charge in [-0.25, -0.2) is 0 Å². The Morgan fingerprint density at radius 1 is 1.40 bits per heavy atom. The van der Waals surface area contributed by atoms with E-state index in [2.05, 4.69) is 0 Å². The third-order valence-electron chi connectivity index (χ3n) is 3.73. The number of nitrogens with zero attached hydrogens (tertiary/aromatic N) is 2. The molecular weight excluding hydrogens is 254 g/mol. The first-order valence-corrected chi connectivity index (χ1v) is 6.95. The molecule has 1 aromatic carbocycles. The number of nitrogen functional groups attached to an aromatic ring is 1. The minimum absolute atomic E-state index is 0.00590. The Bertz CT molecular complexity index is 528. The summed E-state index contributed by atoms with van der Waals surface area (Å²) in [7, 11) is 1.74. The van der Waals surface area contributed by atoms with Gasteiger partial charge in [0.05, 0.1) is 0 Å². The van der Waals surface area contributed by atoms with Crippen molar-refractivity contribution in [2.75, 3.05) is 30.8 Å². The number of benzene rings is 1.